The van der Waals surface area contributed by atoms with Crippen molar-refractivity contribution in [3.8, 4) is 0 Å². The van der Waals surface area contributed by atoms with Gasteiger partial charge < -0.3 is 9.88 Å². The predicted octanol–water partition coefficient (Wildman–Crippen LogP) is 5.69. The van der Waals surface area contributed by atoms with Gasteiger partial charge in [-0.15, -0.1) is 0 Å². The number of nitrogens with zero attached hydrogens (tertiary/aromatic N) is 3. The largest absolute Gasteiger partial charge is 0.324 e. The number of sulfonamides is 1. The fraction of sp³-hybridized carbons (Fsp3) is 0.259. The molecule has 0 atom stereocenters. The van der Waals surface area contributed by atoms with Gasteiger partial charge in [-0.05, 0) is 42.3 Å². The van der Waals surface area contributed by atoms with Crippen molar-refractivity contribution in [1.82, 2.24) is 13.9 Å². The lowest BCUT2D eigenvalue weighted by molar-refractivity contribution is -0.113. The van der Waals surface area contributed by atoms with Crippen LogP contribution in [-0.4, -0.2) is 47.0 Å². The number of rotatable bonds is 11. The first-order valence-corrected chi connectivity index (χ1v) is 14.9. The van der Waals surface area contributed by atoms with Crippen molar-refractivity contribution < 1.29 is 13.2 Å². The van der Waals surface area contributed by atoms with Gasteiger partial charge in [-0.25, -0.2) is 13.4 Å². The monoisotopic (exact) mass is 556 g/mol. The second kappa shape index (κ2) is 12.1. The Hall–Kier alpha value is -2.85. The third-order valence-electron chi connectivity index (χ3n) is 5.97. The molecule has 3 aromatic carbocycles. The summed E-state index contributed by atoms with van der Waals surface area (Å²) >= 11 is 7.62. The average molecular weight is 557 g/mol. The number of benzene rings is 3. The summed E-state index contributed by atoms with van der Waals surface area (Å²) in [5.74, 6) is -0.205. The van der Waals surface area contributed by atoms with E-state index < -0.39 is 10.0 Å². The van der Waals surface area contributed by atoms with Gasteiger partial charge in [0.05, 0.1) is 32.4 Å². The molecule has 0 aliphatic carbocycles. The quantitative estimate of drug-likeness (QED) is 0.240. The zero-order chi connectivity index (χ0) is 26.4. The van der Waals surface area contributed by atoms with Gasteiger partial charge in [0.25, 0.3) is 0 Å². The predicted molar refractivity (Wildman–Crippen MR) is 151 cm³/mol. The van der Waals surface area contributed by atoms with Crippen LogP contribution in [0.1, 0.15) is 19.4 Å². The minimum absolute atomic E-state index is 0.0891. The molecule has 1 aromatic heterocycles. The number of amides is 1. The third-order valence-corrected chi connectivity index (χ3v) is 9.33. The van der Waals surface area contributed by atoms with E-state index in [2.05, 4.69) is 22.0 Å². The topological polar surface area (TPSA) is 84.3 Å². The van der Waals surface area contributed by atoms with Crippen molar-refractivity contribution in [2.75, 3.05) is 24.2 Å². The van der Waals surface area contributed by atoms with Crippen LogP contribution in [0.15, 0.2) is 82.8 Å². The SMILES string of the molecule is CCN(CC)S(=O)(=O)c1ccc(Cl)c(NC(=O)CSc2nc3ccccc3n2CCc2ccccc2)c1. The highest BCUT2D eigenvalue weighted by Crippen LogP contribution is 2.28. The van der Waals surface area contributed by atoms with E-state index in [-0.39, 0.29) is 27.3 Å². The van der Waals surface area contributed by atoms with E-state index >= 15 is 0 Å². The lowest BCUT2D eigenvalue weighted by Crippen LogP contribution is -2.30. The van der Waals surface area contributed by atoms with Gasteiger partial charge in [0.15, 0.2) is 5.16 Å². The number of thioether (sulfide) groups is 1. The molecule has 37 heavy (non-hydrogen) atoms. The molecule has 0 aliphatic heterocycles. The van der Waals surface area contributed by atoms with Crippen LogP contribution in [-0.2, 0) is 27.8 Å². The minimum Gasteiger partial charge on any atom is -0.324 e. The van der Waals surface area contributed by atoms with E-state index in [1.54, 1.807) is 13.8 Å². The number of fused-ring (bicyclic) bond motifs is 1. The van der Waals surface area contributed by atoms with Crippen molar-refractivity contribution in [3.05, 3.63) is 83.4 Å². The van der Waals surface area contributed by atoms with Crippen molar-refractivity contribution in [2.24, 2.45) is 0 Å². The number of nitrogens with one attached hydrogen (secondary N) is 1. The van der Waals surface area contributed by atoms with Gasteiger partial charge >= 0.3 is 0 Å². The van der Waals surface area contributed by atoms with Crippen molar-refractivity contribution in [1.29, 1.82) is 0 Å². The highest BCUT2D eigenvalue weighted by molar-refractivity contribution is 7.99. The number of hydrogen-bond donors (Lipinski definition) is 1. The standard InChI is InChI=1S/C27H29ClN4O3S2/c1-3-31(4-2)37(34,35)21-14-15-22(28)24(18-21)29-26(33)19-36-27-30-23-12-8-9-13-25(23)32(27)17-16-20-10-6-5-7-11-20/h5-15,18H,3-4,16-17,19H2,1-2H3,(H,29,33). The Morgan fingerprint density at radius 2 is 1.73 bits per heavy atom. The van der Waals surface area contributed by atoms with Gasteiger partial charge in [0.2, 0.25) is 15.9 Å². The van der Waals surface area contributed by atoms with Crippen LogP contribution in [0.3, 0.4) is 0 Å². The molecular weight excluding hydrogens is 528 g/mol. The molecule has 1 amide bonds. The van der Waals surface area contributed by atoms with Crippen LogP contribution < -0.4 is 5.32 Å². The molecule has 4 rings (SSSR count). The second-order valence-electron chi connectivity index (χ2n) is 8.34. The van der Waals surface area contributed by atoms with E-state index in [0.717, 1.165) is 29.2 Å². The van der Waals surface area contributed by atoms with E-state index in [0.29, 0.717) is 13.1 Å². The second-order valence-corrected chi connectivity index (χ2v) is 11.6. The lowest BCUT2D eigenvalue weighted by atomic mass is 10.1. The summed E-state index contributed by atoms with van der Waals surface area (Å²) in [5, 5.41) is 3.78. The summed E-state index contributed by atoms with van der Waals surface area (Å²) in [4.78, 5) is 17.7. The number of aryl methyl sites for hydroxylation is 2. The molecule has 0 spiro atoms. The van der Waals surface area contributed by atoms with E-state index in [4.69, 9.17) is 16.6 Å². The summed E-state index contributed by atoms with van der Waals surface area (Å²) in [7, 11) is -3.68. The first-order chi connectivity index (χ1) is 17.8. The average Bonchev–Trinajstić information content (AvgIpc) is 3.26. The molecule has 0 fully saturated rings. The van der Waals surface area contributed by atoms with E-state index in [1.165, 1.54) is 39.8 Å². The summed E-state index contributed by atoms with van der Waals surface area (Å²) in [6.07, 6.45) is 0.838. The van der Waals surface area contributed by atoms with Gasteiger partial charge in [0, 0.05) is 19.6 Å². The van der Waals surface area contributed by atoms with Crippen LogP contribution in [0, 0.1) is 0 Å². The molecule has 0 unspecified atom stereocenters. The van der Waals surface area contributed by atoms with E-state index in [9.17, 15) is 13.2 Å². The van der Waals surface area contributed by atoms with Gasteiger partial charge in [0.1, 0.15) is 0 Å². The maximum atomic E-state index is 12.9. The van der Waals surface area contributed by atoms with Gasteiger partial charge in [-0.1, -0.05) is 79.7 Å². The molecule has 0 saturated heterocycles. The highest BCUT2D eigenvalue weighted by Gasteiger charge is 2.23. The Morgan fingerprint density at radius 1 is 1.03 bits per heavy atom. The van der Waals surface area contributed by atoms with Gasteiger partial charge in [-0.2, -0.15) is 4.31 Å². The summed E-state index contributed by atoms with van der Waals surface area (Å²) in [5.41, 5.74) is 3.37. The maximum Gasteiger partial charge on any atom is 0.243 e. The molecule has 0 aliphatic rings. The molecule has 7 nitrogen and oxygen atoms in total. The molecule has 0 radical (unpaired) electrons. The Morgan fingerprint density at radius 3 is 2.46 bits per heavy atom. The Balaban J connectivity index is 1.49. The summed E-state index contributed by atoms with van der Waals surface area (Å²) < 4.78 is 29.3. The lowest BCUT2D eigenvalue weighted by Gasteiger charge is -2.19. The van der Waals surface area contributed by atoms with Crippen LogP contribution in [0.2, 0.25) is 5.02 Å². The highest BCUT2D eigenvalue weighted by atomic mass is 35.5. The number of carbonyl (C=O) groups excluding carboxylic acids is 1. The molecule has 4 aromatic rings. The Kier molecular flexibility index (Phi) is 8.91. The first-order valence-electron chi connectivity index (χ1n) is 12.0. The number of anilines is 1. The summed E-state index contributed by atoms with van der Waals surface area (Å²) in [6, 6.07) is 22.5. The number of aromatic nitrogens is 2. The summed E-state index contributed by atoms with van der Waals surface area (Å²) in [6.45, 7) is 5.00. The van der Waals surface area contributed by atoms with Crippen LogP contribution in [0.5, 0.6) is 0 Å². The number of halogens is 1. The van der Waals surface area contributed by atoms with Crippen LogP contribution >= 0.6 is 23.4 Å². The number of para-hydroxylation sites is 2. The molecule has 194 valence electrons. The van der Waals surface area contributed by atoms with Crippen molar-refractivity contribution >= 4 is 56.0 Å². The fourth-order valence-electron chi connectivity index (χ4n) is 4.05. The molecule has 1 N–H and O–H groups in total. The smallest absolute Gasteiger partial charge is 0.243 e. The third kappa shape index (κ3) is 6.35. The zero-order valence-corrected chi connectivity index (χ0v) is 23.1. The molecule has 10 heteroatoms. The minimum atomic E-state index is -3.68. The number of imidazole rings is 1. The normalized spacial score (nSPS) is 11.8. The molecule has 0 bridgehead atoms. The number of carbonyl (C=O) groups is 1. The van der Waals surface area contributed by atoms with Crippen LogP contribution in [0.4, 0.5) is 5.69 Å². The van der Waals surface area contributed by atoms with Crippen LogP contribution in [0.25, 0.3) is 11.0 Å². The Labute approximate surface area is 226 Å². The zero-order valence-electron chi connectivity index (χ0n) is 20.7. The van der Waals surface area contributed by atoms with E-state index in [1.807, 2.05) is 42.5 Å². The maximum absolute atomic E-state index is 12.9. The van der Waals surface area contributed by atoms with Crippen molar-refractivity contribution in [3.63, 3.8) is 0 Å². The fourth-order valence-corrected chi connectivity index (χ4v) is 6.55. The van der Waals surface area contributed by atoms with Gasteiger partial charge in [-0.3, -0.25) is 4.79 Å². The molecule has 1 heterocycles. The molecular formula is C27H29ClN4O3S2. The number of hydrogen-bond acceptors (Lipinski definition) is 5. The Bertz CT molecular complexity index is 1490. The first kappa shape index (κ1) is 27.2. The molecule has 0 saturated carbocycles. The van der Waals surface area contributed by atoms with Crippen molar-refractivity contribution in [2.45, 2.75) is 36.9 Å².